The molecule has 0 amide bonds. The van der Waals surface area contributed by atoms with Gasteiger partial charge in [-0.2, -0.15) is 0 Å². The summed E-state index contributed by atoms with van der Waals surface area (Å²) in [4.78, 5) is 2.43. The largest absolute Gasteiger partial charge is 0.496 e. The van der Waals surface area contributed by atoms with E-state index in [9.17, 15) is 0 Å². The van der Waals surface area contributed by atoms with E-state index in [1.165, 1.54) is 54.3 Å². The molecule has 0 bridgehead atoms. The van der Waals surface area contributed by atoms with Gasteiger partial charge in [-0.05, 0) is 111 Å². The average molecular weight is 839 g/mol. The molecular formula is C46H30Br2O2S2. The van der Waals surface area contributed by atoms with E-state index in [0.29, 0.717) is 0 Å². The maximum absolute atomic E-state index is 6.53. The van der Waals surface area contributed by atoms with Crippen molar-refractivity contribution >= 4 is 65.3 Å². The Labute approximate surface area is 327 Å². The number of hydrogen-bond donors (Lipinski definition) is 0. The lowest BCUT2D eigenvalue weighted by Crippen LogP contribution is -2.30. The predicted octanol–water partition coefficient (Wildman–Crippen LogP) is 13.2. The van der Waals surface area contributed by atoms with Crippen LogP contribution in [0.4, 0.5) is 0 Å². The minimum absolute atomic E-state index is 0.629. The van der Waals surface area contributed by atoms with Crippen LogP contribution in [0.2, 0.25) is 0 Å². The highest BCUT2D eigenvalue weighted by Crippen LogP contribution is 2.67. The van der Waals surface area contributed by atoms with Gasteiger partial charge in [-0.3, -0.25) is 0 Å². The van der Waals surface area contributed by atoms with E-state index >= 15 is 0 Å². The van der Waals surface area contributed by atoms with E-state index in [4.69, 9.17) is 9.47 Å². The molecule has 252 valence electrons. The number of halogens is 2. The molecule has 0 fully saturated rings. The molecule has 10 rings (SSSR count). The molecule has 6 heteroatoms. The SMILES string of the molecule is COc1cc2c3c(c(OC)cc2c2c1-c1sc(Br)cc1C2(c1ccccc1)c1ccccc1)-c1sc(Br)cc1C3(c1ccccc1)c1ccccc1. The molecule has 0 atom stereocenters. The average Bonchev–Trinajstić information content (AvgIpc) is 3.92. The highest BCUT2D eigenvalue weighted by atomic mass is 79.9. The molecule has 0 aliphatic heterocycles. The molecule has 0 saturated carbocycles. The van der Waals surface area contributed by atoms with Gasteiger partial charge in [-0.25, -0.2) is 0 Å². The summed E-state index contributed by atoms with van der Waals surface area (Å²) in [7, 11) is 3.63. The fraction of sp³-hybridized carbons (Fsp3) is 0.0870. The van der Waals surface area contributed by atoms with Crippen LogP contribution >= 0.6 is 54.5 Å². The van der Waals surface area contributed by atoms with E-state index in [-0.39, 0.29) is 0 Å². The lowest BCUT2D eigenvalue weighted by molar-refractivity contribution is 0.415. The summed E-state index contributed by atoms with van der Waals surface area (Å²) in [6.45, 7) is 0. The lowest BCUT2D eigenvalue weighted by atomic mass is 9.64. The van der Waals surface area contributed by atoms with Gasteiger partial charge in [-0.1, -0.05) is 121 Å². The summed E-state index contributed by atoms with van der Waals surface area (Å²) >= 11 is 11.4. The lowest BCUT2D eigenvalue weighted by Gasteiger charge is -2.37. The summed E-state index contributed by atoms with van der Waals surface area (Å²) in [5, 5.41) is 2.31. The zero-order valence-electron chi connectivity index (χ0n) is 28.2. The Morgan fingerprint density at radius 2 is 0.750 bits per heavy atom. The van der Waals surface area contributed by atoms with Crippen molar-refractivity contribution in [3.05, 3.63) is 198 Å². The van der Waals surface area contributed by atoms with Crippen molar-refractivity contribution in [3.63, 3.8) is 0 Å². The summed E-state index contributed by atoms with van der Waals surface area (Å²) in [6, 6.07) is 53.2. The second-order valence-electron chi connectivity index (χ2n) is 13.3. The molecule has 52 heavy (non-hydrogen) atoms. The van der Waals surface area contributed by atoms with E-state index in [0.717, 1.165) is 41.0 Å². The topological polar surface area (TPSA) is 18.5 Å². The van der Waals surface area contributed by atoms with Crippen molar-refractivity contribution in [2.75, 3.05) is 14.2 Å². The first-order chi connectivity index (χ1) is 25.5. The van der Waals surface area contributed by atoms with Crippen LogP contribution in [0.5, 0.6) is 11.5 Å². The number of fused-ring (bicyclic) bond motifs is 9. The van der Waals surface area contributed by atoms with Crippen molar-refractivity contribution < 1.29 is 9.47 Å². The Morgan fingerprint density at radius 1 is 0.442 bits per heavy atom. The quantitative estimate of drug-likeness (QED) is 0.166. The van der Waals surface area contributed by atoms with Crippen molar-refractivity contribution in [2.45, 2.75) is 10.8 Å². The fourth-order valence-electron chi connectivity index (χ4n) is 9.25. The molecule has 0 saturated heterocycles. The van der Waals surface area contributed by atoms with Crippen LogP contribution in [0.15, 0.2) is 153 Å². The highest BCUT2D eigenvalue weighted by Gasteiger charge is 2.53. The standard InChI is InChI=1S/C46H30Br2O2S2/c1-49-35-23-31-32(41-39(35)43-33(25-37(47)51-43)45(41,27-15-7-3-8-16-27)28-17-9-4-10-18-28)24-36(50-2)40-42(31)46(29-19-11-5-12-20-29,30-21-13-6-14-22-30)34-26-38(48)52-44(34)40/h3-26H,1-2H3. The maximum atomic E-state index is 6.53. The molecule has 2 aliphatic carbocycles. The number of ether oxygens (including phenoxy) is 2. The monoisotopic (exact) mass is 836 g/mol. The summed E-state index contributed by atoms with van der Waals surface area (Å²) < 4.78 is 15.2. The van der Waals surface area contributed by atoms with Gasteiger partial charge in [0.05, 0.1) is 32.6 Å². The second-order valence-corrected chi connectivity index (χ2v) is 18.2. The first kappa shape index (κ1) is 32.2. The molecule has 2 aromatic heterocycles. The number of rotatable bonds is 6. The van der Waals surface area contributed by atoms with Crippen LogP contribution in [0.3, 0.4) is 0 Å². The van der Waals surface area contributed by atoms with Crippen molar-refractivity contribution in [1.82, 2.24) is 0 Å². The van der Waals surface area contributed by atoms with Crippen LogP contribution in [-0.2, 0) is 10.8 Å². The first-order valence-electron chi connectivity index (χ1n) is 17.1. The van der Waals surface area contributed by atoms with Gasteiger partial charge in [0.2, 0.25) is 0 Å². The Balaban J connectivity index is 1.47. The molecule has 0 N–H and O–H groups in total. The normalized spacial score (nSPS) is 14.5. The van der Waals surface area contributed by atoms with Gasteiger partial charge >= 0.3 is 0 Å². The number of methoxy groups -OCH3 is 2. The van der Waals surface area contributed by atoms with E-state index in [1.807, 2.05) is 14.2 Å². The maximum Gasteiger partial charge on any atom is 0.128 e. The molecule has 2 nitrogen and oxygen atoms in total. The first-order valence-corrected chi connectivity index (χ1v) is 20.3. The Morgan fingerprint density at radius 3 is 1.04 bits per heavy atom. The van der Waals surface area contributed by atoms with Crippen LogP contribution in [0, 0.1) is 0 Å². The predicted molar refractivity (Wildman–Crippen MR) is 223 cm³/mol. The second kappa shape index (κ2) is 12.0. The van der Waals surface area contributed by atoms with Gasteiger partial charge in [0.1, 0.15) is 11.5 Å². The third kappa shape index (κ3) is 4.15. The number of thiophene rings is 2. The van der Waals surface area contributed by atoms with Crippen LogP contribution < -0.4 is 9.47 Å². The third-order valence-corrected chi connectivity index (χ3v) is 14.4. The minimum Gasteiger partial charge on any atom is -0.496 e. The Hall–Kier alpha value is -4.46. The van der Waals surface area contributed by atoms with E-state index < -0.39 is 10.8 Å². The van der Waals surface area contributed by atoms with E-state index in [1.54, 1.807) is 22.7 Å². The van der Waals surface area contributed by atoms with Gasteiger partial charge in [0.15, 0.2) is 0 Å². The summed E-state index contributed by atoms with van der Waals surface area (Å²) in [5.74, 6) is 1.73. The molecule has 6 aromatic carbocycles. The number of hydrogen-bond acceptors (Lipinski definition) is 4. The number of benzene rings is 6. The smallest absolute Gasteiger partial charge is 0.128 e. The fourth-order valence-corrected chi connectivity index (χ4v) is 12.7. The molecule has 0 radical (unpaired) electrons. The molecule has 0 unspecified atom stereocenters. The van der Waals surface area contributed by atoms with Crippen LogP contribution in [-0.4, -0.2) is 14.2 Å². The van der Waals surface area contributed by atoms with Gasteiger partial charge in [0, 0.05) is 20.9 Å². The molecule has 2 heterocycles. The molecule has 8 aromatic rings. The van der Waals surface area contributed by atoms with Crippen LogP contribution in [0.25, 0.3) is 31.7 Å². The van der Waals surface area contributed by atoms with Gasteiger partial charge in [0.25, 0.3) is 0 Å². The Bertz CT molecular complexity index is 2400. The minimum atomic E-state index is -0.629. The van der Waals surface area contributed by atoms with Crippen LogP contribution in [0.1, 0.15) is 44.5 Å². The van der Waals surface area contributed by atoms with Gasteiger partial charge in [-0.15, -0.1) is 22.7 Å². The van der Waals surface area contributed by atoms with Crippen molar-refractivity contribution in [1.29, 1.82) is 0 Å². The van der Waals surface area contributed by atoms with Crippen molar-refractivity contribution in [2.24, 2.45) is 0 Å². The molecule has 2 aliphatic rings. The third-order valence-electron chi connectivity index (χ3n) is 11.1. The van der Waals surface area contributed by atoms with Gasteiger partial charge < -0.3 is 9.47 Å². The molecule has 0 spiro atoms. The summed E-state index contributed by atoms with van der Waals surface area (Å²) in [5.41, 5.74) is 10.8. The Kier molecular flexibility index (Phi) is 7.46. The molecular weight excluding hydrogens is 808 g/mol. The highest BCUT2D eigenvalue weighted by molar-refractivity contribution is 9.11. The van der Waals surface area contributed by atoms with E-state index in [2.05, 4.69) is 177 Å². The van der Waals surface area contributed by atoms with Crippen molar-refractivity contribution in [3.8, 4) is 32.4 Å². The summed E-state index contributed by atoms with van der Waals surface area (Å²) in [6.07, 6.45) is 0. The zero-order chi connectivity index (χ0) is 35.2. The zero-order valence-corrected chi connectivity index (χ0v) is 33.1.